The quantitative estimate of drug-likeness (QED) is 0.556. The molecule has 0 bridgehead atoms. The molecule has 0 amide bonds. The summed E-state index contributed by atoms with van der Waals surface area (Å²) in [5.74, 6) is -0.269. The lowest BCUT2D eigenvalue weighted by atomic mass is 10.0. The maximum absolute atomic E-state index is 11.5. The van der Waals surface area contributed by atoms with Gasteiger partial charge in [0, 0.05) is 0 Å². The number of esters is 1. The highest BCUT2D eigenvalue weighted by Gasteiger charge is 2.10. The molecule has 0 radical (unpaired) electrons. The molecular weight excluding hydrogens is 188 g/mol. The van der Waals surface area contributed by atoms with Gasteiger partial charge in [0.25, 0.3) is 0 Å². The van der Waals surface area contributed by atoms with Crippen molar-refractivity contribution in [1.29, 1.82) is 0 Å². The molecule has 15 heavy (non-hydrogen) atoms. The Hall–Kier alpha value is -1.57. The highest BCUT2D eigenvalue weighted by atomic mass is 16.5. The summed E-state index contributed by atoms with van der Waals surface area (Å²) in [6.45, 7) is 2.08. The normalized spacial score (nSPS) is 11.2. The number of allylic oxidation sites excluding steroid dienone is 1. The van der Waals surface area contributed by atoms with Crippen molar-refractivity contribution < 1.29 is 9.53 Å². The van der Waals surface area contributed by atoms with Crippen LogP contribution in [0.3, 0.4) is 0 Å². The van der Waals surface area contributed by atoms with E-state index in [-0.39, 0.29) is 5.97 Å². The molecule has 0 aliphatic rings. The van der Waals surface area contributed by atoms with Gasteiger partial charge in [-0.15, -0.1) is 0 Å². The zero-order valence-corrected chi connectivity index (χ0v) is 9.19. The Balaban J connectivity index is 2.96. The molecule has 80 valence electrons. The van der Waals surface area contributed by atoms with Gasteiger partial charge in [-0.2, -0.15) is 0 Å². The van der Waals surface area contributed by atoms with Crippen molar-refractivity contribution in [2.75, 3.05) is 7.11 Å². The predicted octanol–water partition coefficient (Wildman–Crippen LogP) is 3.04. The molecule has 0 atom stereocenters. The Kier molecular flexibility index (Phi) is 4.61. The lowest BCUT2D eigenvalue weighted by molar-refractivity contribution is -0.133. The van der Waals surface area contributed by atoms with Crippen LogP contribution >= 0.6 is 0 Å². The second-order valence-corrected chi connectivity index (χ2v) is 3.26. The van der Waals surface area contributed by atoms with Gasteiger partial charge in [-0.1, -0.05) is 49.8 Å². The van der Waals surface area contributed by atoms with Gasteiger partial charge in [-0.05, 0) is 12.0 Å². The fraction of sp³-hybridized carbons (Fsp3) is 0.308. The van der Waals surface area contributed by atoms with Gasteiger partial charge in [0.05, 0.1) is 12.7 Å². The smallest absolute Gasteiger partial charge is 0.338 e. The summed E-state index contributed by atoms with van der Waals surface area (Å²) in [4.78, 5) is 11.5. The minimum atomic E-state index is -0.269. The van der Waals surface area contributed by atoms with E-state index < -0.39 is 0 Å². The van der Waals surface area contributed by atoms with E-state index >= 15 is 0 Å². The fourth-order valence-electron chi connectivity index (χ4n) is 1.34. The third-order valence-electron chi connectivity index (χ3n) is 2.13. The predicted molar refractivity (Wildman–Crippen MR) is 61.3 cm³/mol. The van der Waals surface area contributed by atoms with Crippen LogP contribution in [0, 0.1) is 0 Å². The summed E-state index contributed by atoms with van der Waals surface area (Å²) >= 11 is 0. The van der Waals surface area contributed by atoms with E-state index in [9.17, 15) is 4.79 Å². The maximum Gasteiger partial charge on any atom is 0.338 e. The highest BCUT2D eigenvalue weighted by Crippen LogP contribution is 2.16. The van der Waals surface area contributed by atoms with Gasteiger partial charge in [0.15, 0.2) is 0 Å². The number of hydrogen-bond donors (Lipinski definition) is 0. The summed E-state index contributed by atoms with van der Waals surface area (Å²) in [5, 5.41) is 0. The molecule has 1 rings (SSSR count). The summed E-state index contributed by atoms with van der Waals surface area (Å²) in [7, 11) is 1.41. The van der Waals surface area contributed by atoms with Gasteiger partial charge in [-0.25, -0.2) is 4.79 Å². The van der Waals surface area contributed by atoms with E-state index in [0.717, 1.165) is 18.4 Å². The van der Waals surface area contributed by atoms with Crippen LogP contribution < -0.4 is 0 Å². The molecule has 0 heterocycles. The Morgan fingerprint density at radius 3 is 2.53 bits per heavy atom. The van der Waals surface area contributed by atoms with Crippen LogP contribution in [0.5, 0.6) is 0 Å². The number of hydrogen-bond acceptors (Lipinski definition) is 2. The first kappa shape index (κ1) is 11.5. The molecule has 0 aromatic heterocycles. The Labute approximate surface area is 90.6 Å². The molecule has 2 nitrogen and oxygen atoms in total. The Bertz CT molecular complexity index is 339. The SMILES string of the molecule is CCCC=C(C(=O)OC)c1ccccc1. The third-order valence-corrected chi connectivity index (χ3v) is 2.13. The lowest BCUT2D eigenvalue weighted by Crippen LogP contribution is -2.03. The van der Waals surface area contributed by atoms with Crippen LogP contribution in [0.25, 0.3) is 5.57 Å². The number of methoxy groups -OCH3 is 1. The van der Waals surface area contributed by atoms with Crippen molar-refractivity contribution in [2.24, 2.45) is 0 Å². The van der Waals surface area contributed by atoms with E-state index in [0.29, 0.717) is 5.57 Å². The lowest BCUT2D eigenvalue weighted by Gasteiger charge is -2.05. The molecule has 1 aromatic rings. The molecule has 0 aliphatic heterocycles. The molecule has 2 heteroatoms. The minimum absolute atomic E-state index is 0.269. The molecule has 0 saturated heterocycles. The van der Waals surface area contributed by atoms with Gasteiger partial charge in [-0.3, -0.25) is 0 Å². The number of unbranched alkanes of at least 4 members (excludes halogenated alkanes) is 1. The molecule has 0 fully saturated rings. The fourth-order valence-corrected chi connectivity index (χ4v) is 1.34. The molecule has 0 spiro atoms. The first-order chi connectivity index (χ1) is 7.29. The van der Waals surface area contributed by atoms with Crippen molar-refractivity contribution in [3.05, 3.63) is 42.0 Å². The number of carbonyl (C=O) groups excluding carboxylic acids is 1. The van der Waals surface area contributed by atoms with Crippen molar-refractivity contribution in [1.82, 2.24) is 0 Å². The maximum atomic E-state index is 11.5. The standard InChI is InChI=1S/C13H16O2/c1-3-4-10-12(13(14)15-2)11-8-6-5-7-9-11/h5-10H,3-4H2,1-2H3. The van der Waals surface area contributed by atoms with Crippen molar-refractivity contribution >= 4 is 11.5 Å². The number of benzene rings is 1. The van der Waals surface area contributed by atoms with E-state index in [1.165, 1.54) is 7.11 Å². The Morgan fingerprint density at radius 1 is 1.33 bits per heavy atom. The highest BCUT2D eigenvalue weighted by molar-refractivity contribution is 6.16. The van der Waals surface area contributed by atoms with Crippen LogP contribution in [0.15, 0.2) is 36.4 Å². The summed E-state index contributed by atoms with van der Waals surface area (Å²) in [6, 6.07) is 9.59. The van der Waals surface area contributed by atoms with Crippen LogP contribution in [-0.4, -0.2) is 13.1 Å². The number of rotatable bonds is 4. The zero-order chi connectivity index (χ0) is 11.1. The van der Waals surface area contributed by atoms with Gasteiger partial charge < -0.3 is 4.74 Å². The Morgan fingerprint density at radius 2 is 2.00 bits per heavy atom. The molecule has 1 aromatic carbocycles. The van der Waals surface area contributed by atoms with E-state index in [2.05, 4.69) is 6.92 Å². The molecular formula is C13H16O2. The van der Waals surface area contributed by atoms with Gasteiger partial charge >= 0.3 is 5.97 Å². The second kappa shape index (κ2) is 6.02. The van der Waals surface area contributed by atoms with E-state index in [1.54, 1.807) is 0 Å². The van der Waals surface area contributed by atoms with Crippen molar-refractivity contribution in [3.8, 4) is 0 Å². The first-order valence-corrected chi connectivity index (χ1v) is 5.13. The van der Waals surface area contributed by atoms with Crippen molar-refractivity contribution in [3.63, 3.8) is 0 Å². The van der Waals surface area contributed by atoms with Crippen LogP contribution in [0.2, 0.25) is 0 Å². The molecule has 0 aliphatic carbocycles. The summed E-state index contributed by atoms with van der Waals surface area (Å²) in [5.41, 5.74) is 1.57. The number of carbonyl (C=O) groups is 1. The largest absolute Gasteiger partial charge is 0.465 e. The van der Waals surface area contributed by atoms with E-state index in [1.807, 2.05) is 36.4 Å². The molecule has 0 N–H and O–H groups in total. The van der Waals surface area contributed by atoms with Crippen LogP contribution in [-0.2, 0) is 9.53 Å². The average Bonchev–Trinajstić information content (AvgIpc) is 2.30. The van der Waals surface area contributed by atoms with Crippen molar-refractivity contribution in [2.45, 2.75) is 19.8 Å². The summed E-state index contributed by atoms with van der Waals surface area (Å²) in [6.07, 6.45) is 3.84. The topological polar surface area (TPSA) is 26.3 Å². The third kappa shape index (κ3) is 3.24. The van der Waals surface area contributed by atoms with Gasteiger partial charge in [0.2, 0.25) is 0 Å². The van der Waals surface area contributed by atoms with Gasteiger partial charge in [0.1, 0.15) is 0 Å². The monoisotopic (exact) mass is 204 g/mol. The molecule has 0 unspecified atom stereocenters. The van der Waals surface area contributed by atoms with Crippen LogP contribution in [0.4, 0.5) is 0 Å². The number of ether oxygens (including phenoxy) is 1. The second-order valence-electron chi connectivity index (χ2n) is 3.26. The zero-order valence-electron chi connectivity index (χ0n) is 9.19. The summed E-state index contributed by atoms with van der Waals surface area (Å²) < 4.78 is 4.76. The average molecular weight is 204 g/mol. The van der Waals surface area contributed by atoms with E-state index in [4.69, 9.17) is 4.74 Å². The van der Waals surface area contributed by atoms with Crippen LogP contribution in [0.1, 0.15) is 25.3 Å². The minimum Gasteiger partial charge on any atom is -0.465 e. The molecule has 0 saturated carbocycles. The first-order valence-electron chi connectivity index (χ1n) is 5.13.